The van der Waals surface area contributed by atoms with E-state index in [9.17, 15) is 35.5 Å². The van der Waals surface area contributed by atoms with Gasteiger partial charge in [0.1, 0.15) is 12.2 Å². The van der Waals surface area contributed by atoms with E-state index in [2.05, 4.69) is 14.7 Å². The third-order valence-electron chi connectivity index (χ3n) is 2.79. The van der Waals surface area contributed by atoms with Crippen LogP contribution < -0.4 is 5.32 Å². The van der Waals surface area contributed by atoms with Crippen LogP contribution >= 0.6 is 0 Å². The molecule has 2 rings (SSSR count). The van der Waals surface area contributed by atoms with E-state index in [1.54, 1.807) is 0 Å². The van der Waals surface area contributed by atoms with Crippen molar-refractivity contribution in [3.05, 3.63) is 35.5 Å². The predicted octanol–water partition coefficient (Wildman–Crippen LogP) is 3.46. The number of hydrogen-bond donors (Lipinski definition) is 1. The molecule has 0 unspecified atom stereocenters. The van der Waals surface area contributed by atoms with E-state index in [1.165, 1.54) is 6.07 Å². The molecule has 5 nitrogen and oxygen atoms in total. The molecule has 1 heterocycles. The zero-order chi connectivity index (χ0) is 18.8. The molecule has 2 aromatic rings. The second kappa shape index (κ2) is 6.69. The summed E-state index contributed by atoms with van der Waals surface area (Å²) in [6.07, 6.45) is -11.2. The highest BCUT2D eigenvalue weighted by Gasteiger charge is 2.38. The normalized spacial score (nSPS) is 12.3. The van der Waals surface area contributed by atoms with Crippen LogP contribution in [0.5, 0.6) is 0 Å². The Morgan fingerprint density at radius 2 is 1.84 bits per heavy atom. The topological polar surface area (TPSA) is 68.0 Å². The van der Waals surface area contributed by atoms with E-state index >= 15 is 0 Å². The van der Waals surface area contributed by atoms with Crippen LogP contribution in [0.25, 0.3) is 11.4 Å². The van der Waals surface area contributed by atoms with Gasteiger partial charge >= 0.3 is 18.2 Å². The molecule has 12 heteroatoms. The number of rotatable bonds is 4. The van der Waals surface area contributed by atoms with Crippen molar-refractivity contribution in [3.63, 3.8) is 0 Å². The Morgan fingerprint density at radius 3 is 2.36 bits per heavy atom. The molecule has 0 fully saturated rings. The number of alkyl halides is 6. The number of amides is 1. The number of halogens is 7. The summed E-state index contributed by atoms with van der Waals surface area (Å²) in [5.41, 5.74) is -0.305. The highest BCUT2D eigenvalue weighted by molar-refractivity contribution is 5.76. The first-order valence-corrected chi connectivity index (χ1v) is 6.49. The average Bonchev–Trinajstić information content (AvgIpc) is 2.93. The van der Waals surface area contributed by atoms with Gasteiger partial charge in [-0.25, -0.2) is 4.39 Å². The van der Waals surface area contributed by atoms with Crippen LogP contribution in [0.1, 0.15) is 17.9 Å². The first kappa shape index (κ1) is 18.7. The van der Waals surface area contributed by atoms with Gasteiger partial charge in [-0.15, -0.1) is 0 Å². The Morgan fingerprint density at radius 1 is 1.16 bits per heavy atom. The van der Waals surface area contributed by atoms with Gasteiger partial charge in [0.05, 0.1) is 5.56 Å². The Bertz CT molecular complexity index is 768. The molecule has 136 valence electrons. The van der Waals surface area contributed by atoms with Crippen molar-refractivity contribution < 1.29 is 40.1 Å². The molecule has 1 aromatic carbocycles. The standard InChI is InChI=1S/C13H8F7N3O2/c14-8-3-6(5-21-9(24)4-12(15,16)17)1-2-7(8)10-22-11(25-23-10)13(18,19)20/h1-3H,4-5H2,(H,21,24). The molecule has 25 heavy (non-hydrogen) atoms. The van der Waals surface area contributed by atoms with Crippen LogP contribution in [0.15, 0.2) is 22.7 Å². The van der Waals surface area contributed by atoms with Crippen LogP contribution in [-0.4, -0.2) is 22.2 Å². The minimum absolute atomic E-state index is 0.0938. The lowest BCUT2D eigenvalue weighted by atomic mass is 10.1. The number of hydrogen-bond acceptors (Lipinski definition) is 4. The number of nitrogens with zero attached hydrogens (tertiary/aromatic N) is 2. The molecule has 0 saturated heterocycles. The zero-order valence-corrected chi connectivity index (χ0v) is 12.0. The highest BCUT2D eigenvalue weighted by atomic mass is 19.4. The number of carbonyl (C=O) groups is 1. The van der Waals surface area contributed by atoms with Crippen LogP contribution in [0.2, 0.25) is 0 Å². The summed E-state index contributed by atoms with van der Waals surface area (Å²) in [5.74, 6) is -4.62. The van der Waals surface area contributed by atoms with Gasteiger partial charge in [0.25, 0.3) is 0 Å². The minimum atomic E-state index is -4.88. The molecule has 0 bridgehead atoms. The van der Waals surface area contributed by atoms with Crippen LogP contribution in [0, 0.1) is 5.82 Å². The number of aromatic nitrogens is 2. The molecule has 0 atom stereocenters. The zero-order valence-electron chi connectivity index (χ0n) is 12.0. The third-order valence-corrected chi connectivity index (χ3v) is 2.79. The lowest BCUT2D eigenvalue weighted by Gasteiger charge is -2.08. The average molecular weight is 371 g/mol. The van der Waals surface area contributed by atoms with Crippen molar-refractivity contribution in [2.75, 3.05) is 0 Å². The molecule has 0 aliphatic rings. The molecule has 0 saturated carbocycles. The third kappa shape index (κ3) is 5.16. The van der Waals surface area contributed by atoms with E-state index in [1.807, 2.05) is 5.32 Å². The summed E-state index contributed by atoms with van der Waals surface area (Å²) in [5, 5.41) is 4.96. The fourth-order valence-corrected chi connectivity index (χ4v) is 1.74. The summed E-state index contributed by atoms with van der Waals surface area (Å²) < 4.78 is 91.0. The highest BCUT2D eigenvalue weighted by Crippen LogP contribution is 2.30. The van der Waals surface area contributed by atoms with Crippen molar-refractivity contribution in [1.29, 1.82) is 0 Å². The predicted molar refractivity (Wildman–Crippen MR) is 67.2 cm³/mol. The Hall–Kier alpha value is -2.66. The summed E-state index contributed by atoms with van der Waals surface area (Å²) in [7, 11) is 0. The molecule has 1 N–H and O–H groups in total. The molecule has 0 radical (unpaired) electrons. The van der Waals surface area contributed by atoms with Crippen molar-refractivity contribution in [3.8, 4) is 11.4 Å². The second-order valence-corrected chi connectivity index (χ2v) is 4.80. The smallest absolute Gasteiger partial charge is 0.352 e. The van der Waals surface area contributed by atoms with Gasteiger partial charge in [-0.3, -0.25) is 4.79 Å². The van der Waals surface area contributed by atoms with Crippen LogP contribution in [0.3, 0.4) is 0 Å². The first-order chi connectivity index (χ1) is 11.5. The summed E-state index contributed by atoms with van der Waals surface area (Å²) >= 11 is 0. The van der Waals surface area contributed by atoms with Gasteiger partial charge in [0.2, 0.25) is 11.7 Å². The summed E-state index contributed by atoms with van der Waals surface area (Å²) in [6.45, 7) is -0.397. The van der Waals surface area contributed by atoms with E-state index in [-0.39, 0.29) is 5.56 Å². The fraction of sp³-hybridized carbons (Fsp3) is 0.308. The van der Waals surface area contributed by atoms with Crippen molar-refractivity contribution in [1.82, 2.24) is 15.5 Å². The van der Waals surface area contributed by atoms with Crippen LogP contribution in [0.4, 0.5) is 30.7 Å². The molecule has 0 aliphatic heterocycles. The maximum absolute atomic E-state index is 13.9. The lowest BCUT2D eigenvalue weighted by molar-refractivity contribution is -0.159. The number of nitrogens with one attached hydrogen (secondary N) is 1. The quantitative estimate of drug-likeness (QED) is 0.836. The summed E-state index contributed by atoms with van der Waals surface area (Å²) in [4.78, 5) is 14.1. The molecular weight excluding hydrogens is 363 g/mol. The maximum Gasteiger partial charge on any atom is 0.471 e. The SMILES string of the molecule is O=C(CC(F)(F)F)NCc1ccc(-c2noc(C(F)(F)F)n2)c(F)c1. The number of benzene rings is 1. The van der Waals surface area contributed by atoms with Crippen molar-refractivity contribution >= 4 is 5.91 Å². The second-order valence-electron chi connectivity index (χ2n) is 4.80. The van der Waals surface area contributed by atoms with E-state index in [0.717, 1.165) is 12.1 Å². The van der Waals surface area contributed by atoms with E-state index < -0.39 is 54.3 Å². The summed E-state index contributed by atoms with van der Waals surface area (Å²) in [6, 6.07) is 3.04. The van der Waals surface area contributed by atoms with Gasteiger partial charge in [-0.05, 0) is 17.7 Å². The van der Waals surface area contributed by atoms with E-state index in [4.69, 9.17) is 0 Å². The van der Waals surface area contributed by atoms with E-state index in [0.29, 0.717) is 0 Å². The van der Waals surface area contributed by atoms with Crippen LogP contribution in [-0.2, 0) is 17.5 Å². The first-order valence-electron chi connectivity index (χ1n) is 6.49. The maximum atomic E-state index is 13.9. The molecule has 0 aliphatic carbocycles. The fourth-order valence-electron chi connectivity index (χ4n) is 1.74. The molecular formula is C13H8F7N3O2. The van der Waals surface area contributed by atoms with Gasteiger partial charge < -0.3 is 9.84 Å². The lowest BCUT2D eigenvalue weighted by Crippen LogP contribution is -2.28. The monoisotopic (exact) mass is 371 g/mol. The minimum Gasteiger partial charge on any atom is -0.352 e. The van der Waals surface area contributed by atoms with Crippen molar-refractivity contribution in [2.24, 2.45) is 0 Å². The Balaban J connectivity index is 2.08. The molecule has 1 aromatic heterocycles. The Labute approximate surface area is 134 Å². The van der Waals surface area contributed by atoms with Crippen molar-refractivity contribution in [2.45, 2.75) is 25.3 Å². The number of carbonyl (C=O) groups excluding carboxylic acids is 1. The molecule has 1 amide bonds. The van der Waals surface area contributed by atoms with Gasteiger partial charge in [-0.2, -0.15) is 31.3 Å². The molecule has 0 spiro atoms. The Kier molecular flexibility index (Phi) is 4.99. The van der Waals surface area contributed by atoms with Gasteiger partial charge in [-0.1, -0.05) is 11.2 Å². The largest absolute Gasteiger partial charge is 0.471 e. The van der Waals surface area contributed by atoms with Gasteiger partial charge in [0.15, 0.2) is 0 Å². The van der Waals surface area contributed by atoms with Gasteiger partial charge in [0, 0.05) is 6.54 Å².